The number of benzene rings is 1. The minimum Gasteiger partial charge on any atom is -0.497 e. The van der Waals surface area contributed by atoms with Crippen molar-refractivity contribution in [2.45, 2.75) is 31.2 Å². The molecule has 1 saturated heterocycles. The van der Waals surface area contributed by atoms with E-state index in [9.17, 15) is 0 Å². The SMILES string of the molecule is COc1cccc(CCC2(N)CCN(C)CC2)c1. The molecule has 1 fully saturated rings. The van der Waals surface area contributed by atoms with Crippen molar-refractivity contribution in [2.75, 3.05) is 27.2 Å². The van der Waals surface area contributed by atoms with Crippen LogP contribution in [-0.4, -0.2) is 37.7 Å². The van der Waals surface area contributed by atoms with Crippen LogP contribution in [0.25, 0.3) is 0 Å². The second-order valence-electron chi connectivity index (χ2n) is 5.52. The minimum atomic E-state index is 0.0234. The van der Waals surface area contributed by atoms with Crippen LogP contribution in [0.15, 0.2) is 24.3 Å². The Labute approximate surface area is 110 Å². The predicted molar refractivity (Wildman–Crippen MR) is 75.0 cm³/mol. The molecular formula is C15H24N2O. The van der Waals surface area contributed by atoms with Gasteiger partial charge in [0.25, 0.3) is 0 Å². The lowest BCUT2D eigenvalue weighted by Gasteiger charge is -2.37. The van der Waals surface area contributed by atoms with Crippen LogP contribution in [0.1, 0.15) is 24.8 Å². The summed E-state index contributed by atoms with van der Waals surface area (Å²) in [6, 6.07) is 8.29. The van der Waals surface area contributed by atoms with E-state index >= 15 is 0 Å². The van der Waals surface area contributed by atoms with Gasteiger partial charge in [-0.05, 0) is 63.5 Å². The number of hydrogen-bond acceptors (Lipinski definition) is 3. The smallest absolute Gasteiger partial charge is 0.119 e. The Morgan fingerprint density at radius 1 is 1.33 bits per heavy atom. The molecular weight excluding hydrogens is 224 g/mol. The van der Waals surface area contributed by atoms with Gasteiger partial charge < -0.3 is 15.4 Å². The molecule has 0 unspecified atom stereocenters. The van der Waals surface area contributed by atoms with Crippen LogP contribution < -0.4 is 10.5 Å². The summed E-state index contributed by atoms with van der Waals surface area (Å²) in [6.07, 6.45) is 4.31. The van der Waals surface area contributed by atoms with Gasteiger partial charge in [-0.2, -0.15) is 0 Å². The first kappa shape index (κ1) is 13.4. The van der Waals surface area contributed by atoms with E-state index in [2.05, 4.69) is 24.1 Å². The Bertz CT molecular complexity index is 384. The molecule has 1 aromatic carbocycles. The van der Waals surface area contributed by atoms with Crippen molar-refractivity contribution in [1.29, 1.82) is 0 Å². The monoisotopic (exact) mass is 248 g/mol. The molecule has 1 aliphatic rings. The molecule has 1 aromatic rings. The zero-order chi connectivity index (χ0) is 13.0. The molecule has 0 amide bonds. The molecule has 0 bridgehead atoms. The van der Waals surface area contributed by atoms with E-state index in [4.69, 9.17) is 10.5 Å². The van der Waals surface area contributed by atoms with Crippen molar-refractivity contribution < 1.29 is 4.74 Å². The van der Waals surface area contributed by atoms with Crippen molar-refractivity contribution in [3.8, 4) is 5.75 Å². The first-order valence-corrected chi connectivity index (χ1v) is 6.72. The lowest BCUT2D eigenvalue weighted by Crippen LogP contribution is -2.49. The molecule has 3 nitrogen and oxygen atoms in total. The van der Waals surface area contributed by atoms with E-state index < -0.39 is 0 Å². The number of nitrogens with two attached hydrogens (primary N) is 1. The van der Waals surface area contributed by atoms with Gasteiger partial charge in [0.2, 0.25) is 0 Å². The molecule has 18 heavy (non-hydrogen) atoms. The Morgan fingerprint density at radius 2 is 2.06 bits per heavy atom. The summed E-state index contributed by atoms with van der Waals surface area (Å²) in [5.74, 6) is 0.932. The topological polar surface area (TPSA) is 38.5 Å². The van der Waals surface area contributed by atoms with Crippen molar-refractivity contribution >= 4 is 0 Å². The van der Waals surface area contributed by atoms with Crippen LogP contribution in [0.2, 0.25) is 0 Å². The van der Waals surface area contributed by atoms with E-state index in [-0.39, 0.29) is 5.54 Å². The first-order valence-electron chi connectivity index (χ1n) is 6.72. The third-order valence-corrected chi connectivity index (χ3v) is 4.03. The number of likely N-dealkylation sites (tertiary alicyclic amines) is 1. The molecule has 0 aromatic heterocycles. The average molecular weight is 248 g/mol. The number of piperidine rings is 1. The van der Waals surface area contributed by atoms with Gasteiger partial charge in [-0.1, -0.05) is 12.1 Å². The largest absolute Gasteiger partial charge is 0.497 e. The van der Waals surface area contributed by atoms with E-state index in [0.29, 0.717) is 0 Å². The van der Waals surface area contributed by atoms with Crippen LogP contribution >= 0.6 is 0 Å². The highest BCUT2D eigenvalue weighted by Gasteiger charge is 2.28. The van der Waals surface area contributed by atoms with Gasteiger partial charge in [-0.3, -0.25) is 0 Å². The quantitative estimate of drug-likeness (QED) is 0.886. The van der Waals surface area contributed by atoms with Crippen molar-refractivity contribution in [1.82, 2.24) is 4.90 Å². The summed E-state index contributed by atoms with van der Waals surface area (Å²) in [5, 5.41) is 0. The van der Waals surface area contributed by atoms with E-state index in [1.807, 2.05) is 12.1 Å². The van der Waals surface area contributed by atoms with Gasteiger partial charge in [-0.15, -0.1) is 0 Å². The van der Waals surface area contributed by atoms with Gasteiger partial charge in [0.15, 0.2) is 0 Å². The highest BCUT2D eigenvalue weighted by atomic mass is 16.5. The summed E-state index contributed by atoms with van der Waals surface area (Å²) in [4.78, 5) is 2.36. The van der Waals surface area contributed by atoms with Crippen molar-refractivity contribution in [3.05, 3.63) is 29.8 Å². The lowest BCUT2D eigenvalue weighted by atomic mass is 9.83. The lowest BCUT2D eigenvalue weighted by molar-refractivity contribution is 0.182. The fourth-order valence-electron chi connectivity index (χ4n) is 2.54. The molecule has 0 radical (unpaired) electrons. The average Bonchev–Trinajstić information content (AvgIpc) is 2.41. The second kappa shape index (κ2) is 5.72. The molecule has 1 aliphatic heterocycles. The fourth-order valence-corrected chi connectivity index (χ4v) is 2.54. The maximum Gasteiger partial charge on any atom is 0.119 e. The summed E-state index contributed by atoms with van der Waals surface area (Å²) >= 11 is 0. The van der Waals surface area contributed by atoms with Crippen LogP contribution in [0, 0.1) is 0 Å². The molecule has 0 atom stereocenters. The van der Waals surface area contributed by atoms with E-state index in [0.717, 1.165) is 44.5 Å². The Hall–Kier alpha value is -1.06. The first-order chi connectivity index (χ1) is 8.61. The van der Waals surface area contributed by atoms with E-state index in [1.165, 1.54) is 5.56 Å². The summed E-state index contributed by atoms with van der Waals surface area (Å²) in [6.45, 7) is 2.24. The minimum absolute atomic E-state index is 0.0234. The predicted octanol–water partition coefficient (Wildman–Crippen LogP) is 2.05. The molecule has 2 N–H and O–H groups in total. The van der Waals surface area contributed by atoms with E-state index in [1.54, 1.807) is 7.11 Å². The standard InChI is InChI=1S/C15H24N2O/c1-17-10-8-15(16,9-11-17)7-6-13-4-3-5-14(12-13)18-2/h3-5,12H,6-11,16H2,1-2H3. The summed E-state index contributed by atoms with van der Waals surface area (Å²) in [7, 11) is 3.88. The van der Waals surface area contributed by atoms with Gasteiger partial charge >= 0.3 is 0 Å². The molecule has 2 rings (SSSR count). The highest BCUT2D eigenvalue weighted by molar-refractivity contribution is 5.28. The molecule has 3 heteroatoms. The summed E-state index contributed by atoms with van der Waals surface area (Å²) in [5.41, 5.74) is 7.82. The second-order valence-corrected chi connectivity index (χ2v) is 5.52. The maximum atomic E-state index is 6.48. The number of hydrogen-bond donors (Lipinski definition) is 1. The summed E-state index contributed by atoms with van der Waals surface area (Å²) < 4.78 is 5.25. The number of rotatable bonds is 4. The number of ether oxygens (including phenoxy) is 1. The third kappa shape index (κ3) is 3.47. The molecule has 1 heterocycles. The van der Waals surface area contributed by atoms with Crippen LogP contribution in [0.4, 0.5) is 0 Å². The van der Waals surface area contributed by atoms with Crippen LogP contribution in [-0.2, 0) is 6.42 Å². The van der Waals surface area contributed by atoms with Crippen LogP contribution in [0.5, 0.6) is 5.75 Å². The maximum absolute atomic E-state index is 6.48. The molecule has 0 saturated carbocycles. The van der Waals surface area contributed by atoms with Crippen molar-refractivity contribution in [3.63, 3.8) is 0 Å². The zero-order valence-electron chi connectivity index (χ0n) is 11.5. The number of aryl methyl sites for hydroxylation is 1. The highest BCUT2D eigenvalue weighted by Crippen LogP contribution is 2.25. The molecule has 0 aliphatic carbocycles. The molecule has 100 valence electrons. The van der Waals surface area contributed by atoms with Gasteiger partial charge in [0.05, 0.1) is 7.11 Å². The van der Waals surface area contributed by atoms with Gasteiger partial charge in [0.1, 0.15) is 5.75 Å². The Balaban J connectivity index is 1.90. The number of nitrogens with zero attached hydrogens (tertiary/aromatic N) is 1. The zero-order valence-corrected chi connectivity index (χ0v) is 11.5. The normalized spacial score (nSPS) is 19.7. The molecule has 0 spiro atoms. The fraction of sp³-hybridized carbons (Fsp3) is 0.600. The van der Waals surface area contributed by atoms with Gasteiger partial charge in [0, 0.05) is 5.54 Å². The van der Waals surface area contributed by atoms with Gasteiger partial charge in [-0.25, -0.2) is 0 Å². The van der Waals surface area contributed by atoms with Crippen LogP contribution in [0.3, 0.4) is 0 Å². The van der Waals surface area contributed by atoms with Crippen molar-refractivity contribution in [2.24, 2.45) is 5.73 Å². The Morgan fingerprint density at radius 3 is 2.72 bits per heavy atom. The number of methoxy groups -OCH3 is 1. The Kier molecular flexibility index (Phi) is 4.25. The third-order valence-electron chi connectivity index (χ3n) is 4.03.